The van der Waals surface area contributed by atoms with Crippen LogP contribution in [0.15, 0.2) is 41.4 Å². The Morgan fingerprint density at radius 2 is 2.00 bits per heavy atom. The Morgan fingerprint density at radius 1 is 1.22 bits per heavy atom. The highest BCUT2D eigenvalue weighted by molar-refractivity contribution is 7.07. The molecule has 2 heterocycles. The quantitative estimate of drug-likeness (QED) is 0.849. The van der Waals surface area contributed by atoms with Crippen LogP contribution in [0.4, 0.5) is 0 Å². The van der Waals surface area contributed by atoms with Crippen LogP contribution in [0.3, 0.4) is 0 Å². The molecule has 0 aromatic carbocycles. The molecular weight excluding hydrogens is 240 g/mol. The Kier molecular flexibility index (Phi) is 4.90. The highest BCUT2D eigenvalue weighted by atomic mass is 32.1. The maximum atomic E-state index is 4.09. The number of nitrogens with one attached hydrogen (secondary N) is 1. The van der Waals surface area contributed by atoms with Gasteiger partial charge in [-0.3, -0.25) is 4.98 Å². The van der Waals surface area contributed by atoms with Crippen molar-refractivity contribution < 1.29 is 0 Å². The minimum atomic E-state index is 0.388. The summed E-state index contributed by atoms with van der Waals surface area (Å²) < 4.78 is 0. The van der Waals surface area contributed by atoms with Crippen LogP contribution in [0.1, 0.15) is 43.4 Å². The van der Waals surface area contributed by atoms with Crippen molar-refractivity contribution in [3.05, 3.63) is 52.5 Å². The fraction of sp³-hybridized carbons (Fsp3) is 0.400. The zero-order chi connectivity index (χ0) is 12.8. The highest BCUT2D eigenvalue weighted by Gasteiger charge is 2.20. The van der Waals surface area contributed by atoms with E-state index in [1.165, 1.54) is 11.1 Å². The van der Waals surface area contributed by atoms with Crippen LogP contribution in [-0.4, -0.2) is 11.5 Å². The zero-order valence-electron chi connectivity index (χ0n) is 11.0. The summed E-state index contributed by atoms with van der Waals surface area (Å²) in [6, 6.07) is 6.82. The fourth-order valence-electron chi connectivity index (χ4n) is 2.19. The molecular formula is C15H20N2S. The maximum Gasteiger partial charge on any atom is 0.0395 e. The minimum Gasteiger partial charge on any atom is -0.309 e. The number of hydrogen-bond donors (Lipinski definition) is 1. The molecule has 2 atom stereocenters. The molecule has 96 valence electrons. The second kappa shape index (κ2) is 6.66. The van der Waals surface area contributed by atoms with Gasteiger partial charge in [0.25, 0.3) is 0 Å². The van der Waals surface area contributed by atoms with Crippen LogP contribution < -0.4 is 5.32 Å². The predicted octanol–water partition coefficient (Wildman–Crippen LogP) is 3.99. The van der Waals surface area contributed by atoms with Gasteiger partial charge in [-0.1, -0.05) is 13.8 Å². The predicted molar refractivity (Wildman–Crippen MR) is 78.0 cm³/mol. The van der Waals surface area contributed by atoms with E-state index in [4.69, 9.17) is 0 Å². The molecule has 0 saturated heterocycles. The number of rotatable bonds is 6. The van der Waals surface area contributed by atoms with Crippen LogP contribution in [0, 0.1) is 0 Å². The molecule has 2 aromatic heterocycles. The van der Waals surface area contributed by atoms with Gasteiger partial charge >= 0.3 is 0 Å². The lowest BCUT2D eigenvalue weighted by atomic mass is 9.90. The van der Waals surface area contributed by atoms with Gasteiger partial charge in [-0.2, -0.15) is 11.3 Å². The first-order valence-electron chi connectivity index (χ1n) is 6.48. The molecule has 0 bridgehead atoms. The molecule has 2 unspecified atom stereocenters. The van der Waals surface area contributed by atoms with Gasteiger partial charge in [0.2, 0.25) is 0 Å². The number of pyridine rings is 1. The molecule has 0 saturated carbocycles. The molecule has 2 aromatic rings. The number of hydrogen-bond acceptors (Lipinski definition) is 3. The van der Waals surface area contributed by atoms with Crippen LogP contribution in [0.2, 0.25) is 0 Å². The van der Waals surface area contributed by atoms with Crippen molar-refractivity contribution in [2.75, 3.05) is 6.54 Å². The third-order valence-electron chi connectivity index (χ3n) is 3.25. The molecule has 0 aliphatic rings. The van der Waals surface area contributed by atoms with Crippen molar-refractivity contribution in [2.45, 2.75) is 32.2 Å². The topological polar surface area (TPSA) is 24.9 Å². The first-order valence-corrected chi connectivity index (χ1v) is 7.42. The summed E-state index contributed by atoms with van der Waals surface area (Å²) in [7, 11) is 0. The van der Waals surface area contributed by atoms with E-state index >= 15 is 0 Å². The second-order valence-corrected chi connectivity index (χ2v) is 5.34. The SMILES string of the molecule is CCCNC(c1ccsc1)C(C)c1ccncc1. The van der Waals surface area contributed by atoms with E-state index in [0.29, 0.717) is 12.0 Å². The van der Waals surface area contributed by atoms with Crippen molar-refractivity contribution in [1.82, 2.24) is 10.3 Å². The molecule has 0 fully saturated rings. The molecule has 0 radical (unpaired) electrons. The Labute approximate surface area is 113 Å². The third kappa shape index (κ3) is 3.18. The Bertz CT molecular complexity index is 439. The summed E-state index contributed by atoms with van der Waals surface area (Å²) in [5.41, 5.74) is 2.72. The first-order chi connectivity index (χ1) is 8.83. The Balaban J connectivity index is 2.18. The van der Waals surface area contributed by atoms with Gasteiger partial charge in [0.15, 0.2) is 0 Å². The fourth-order valence-corrected chi connectivity index (χ4v) is 2.89. The molecule has 1 N–H and O–H groups in total. The molecule has 18 heavy (non-hydrogen) atoms. The van der Waals surface area contributed by atoms with Gasteiger partial charge in [-0.15, -0.1) is 0 Å². The van der Waals surface area contributed by atoms with Gasteiger partial charge in [-0.25, -0.2) is 0 Å². The molecule has 2 nitrogen and oxygen atoms in total. The van der Waals surface area contributed by atoms with Crippen molar-refractivity contribution in [3.8, 4) is 0 Å². The van der Waals surface area contributed by atoms with Crippen LogP contribution in [-0.2, 0) is 0 Å². The largest absolute Gasteiger partial charge is 0.309 e. The van der Waals surface area contributed by atoms with Crippen molar-refractivity contribution in [3.63, 3.8) is 0 Å². The minimum absolute atomic E-state index is 0.388. The molecule has 0 aliphatic heterocycles. The first kappa shape index (κ1) is 13.2. The van der Waals surface area contributed by atoms with Crippen LogP contribution in [0.5, 0.6) is 0 Å². The van der Waals surface area contributed by atoms with E-state index in [1.807, 2.05) is 12.4 Å². The molecule has 0 spiro atoms. The number of thiophene rings is 1. The molecule has 3 heteroatoms. The standard InChI is InChI=1S/C15H20N2S/c1-3-7-17-15(14-6-10-18-11-14)12(2)13-4-8-16-9-5-13/h4-6,8-12,15,17H,3,7H2,1-2H3. The monoisotopic (exact) mass is 260 g/mol. The van der Waals surface area contributed by atoms with Gasteiger partial charge in [0, 0.05) is 24.4 Å². The normalized spacial score (nSPS) is 14.3. The average Bonchev–Trinajstić information content (AvgIpc) is 2.94. The van der Waals surface area contributed by atoms with Crippen LogP contribution >= 0.6 is 11.3 Å². The molecule has 2 rings (SSSR count). The summed E-state index contributed by atoms with van der Waals surface area (Å²) >= 11 is 1.76. The maximum absolute atomic E-state index is 4.09. The second-order valence-electron chi connectivity index (χ2n) is 4.56. The number of nitrogens with zero attached hydrogens (tertiary/aromatic N) is 1. The van der Waals surface area contributed by atoms with Crippen molar-refractivity contribution in [2.24, 2.45) is 0 Å². The van der Waals surface area contributed by atoms with Gasteiger partial charge in [-0.05, 0) is 53.1 Å². The average molecular weight is 260 g/mol. The lowest BCUT2D eigenvalue weighted by Gasteiger charge is -2.25. The van der Waals surface area contributed by atoms with E-state index in [2.05, 4.69) is 53.1 Å². The van der Waals surface area contributed by atoms with E-state index in [1.54, 1.807) is 11.3 Å². The van der Waals surface area contributed by atoms with Crippen molar-refractivity contribution in [1.29, 1.82) is 0 Å². The molecule has 0 aliphatic carbocycles. The number of aromatic nitrogens is 1. The highest BCUT2D eigenvalue weighted by Crippen LogP contribution is 2.31. The Hall–Kier alpha value is -1.19. The lowest BCUT2D eigenvalue weighted by Crippen LogP contribution is -2.26. The van der Waals surface area contributed by atoms with E-state index in [-0.39, 0.29) is 0 Å². The summed E-state index contributed by atoms with van der Waals surface area (Å²) in [5, 5.41) is 8.05. The lowest BCUT2D eigenvalue weighted by molar-refractivity contribution is 0.467. The third-order valence-corrected chi connectivity index (χ3v) is 3.95. The molecule has 0 amide bonds. The van der Waals surface area contributed by atoms with Gasteiger partial charge < -0.3 is 5.32 Å². The summed E-state index contributed by atoms with van der Waals surface area (Å²) in [4.78, 5) is 4.09. The van der Waals surface area contributed by atoms with E-state index in [0.717, 1.165) is 13.0 Å². The van der Waals surface area contributed by atoms with Crippen molar-refractivity contribution >= 4 is 11.3 Å². The zero-order valence-corrected chi connectivity index (χ0v) is 11.8. The summed E-state index contributed by atoms with van der Waals surface area (Å²) in [5.74, 6) is 0.453. The Morgan fingerprint density at radius 3 is 2.61 bits per heavy atom. The van der Waals surface area contributed by atoms with Crippen LogP contribution in [0.25, 0.3) is 0 Å². The van der Waals surface area contributed by atoms with Gasteiger partial charge in [0.05, 0.1) is 0 Å². The summed E-state index contributed by atoms with van der Waals surface area (Å²) in [6.07, 6.45) is 4.90. The van der Waals surface area contributed by atoms with E-state index in [9.17, 15) is 0 Å². The van der Waals surface area contributed by atoms with E-state index < -0.39 is 0 Å². The smallest absolute Gasteiger partial charge is 0.0395 e. The summed E-state index contributed by atoms with van der Waals surface area (Å²) in [6.45, 7) is 5.53. The van der Waals surface area contributed by atoms with Gasteiger partial charge in [0.1, 0.15) is 0 Å².